The van der Waals surface area contributed by atoms with Gasteiger partial charge in [0.25, 0.3) is 5.56 Å². The lowest BCUT2D eigenvalue weighted by Crippen LogP contribution is -2.32. The number of amides is 1. The van der Waals surface area contributed by atoms with Gasteiger partial charge in [0.2, 0.25) is 5.91 Å². The van der Waals surface area contributed by atoms with Crippen LogP contribution in [-0.2, 0) is 16.1 Å². The zero-order valence-electron chi connectivity index (χ0n) is 13.6. The van der Waals surface area contributed by atoms with Crippen LogP contribution in [0.25, 0.3) is 0 Å². The van der Waals surface area contributed by atoms with Gasteiger partial charge in [0, 0.05) is 30.6 Å². The fourth-order valence-electron chi connectivity index (χ4n) is 2.55. The molecule has 8 heteroatoms. The first-order chi connectivity index (χ1) is 12.1. The molecule has 8 nitrogen and oxygen atoms in total. The van der Waals surface area contributed by atoms with Gasteiger partial charge in [-0.05, 0) is 25.0 Å². The number of hydrogen-bond acceptors (Lipinski definition) is 5. The van der Waals surface area contributed by atoms with Gasteiger partial charge in [0.05, 0.1) is 6.10 Å². The zero-order valence-corrected chi connectivity index (χ0v) is 13.6. The van der Waals surface area contributed by atoms with Crippen molar-refractivity contribution in [1.82, 2.24) is 9.55 Å². The summed E-state index contributed by atoms with van der Waals surface area (Å²) < 4.78 is 12.3. The molecule has 2 aromatic rings. The van der Waals surface area contributed by atoms with Crippen LogP contribution < -0.4 is 21.3 Å². The maximum atomic E-state index is 12.1. The van der Waals surface area contributed by atoms with Crippen molar-refractivity contribution in [1.29, 1.82) is 0 Å². The summed E-state index contributed by atoms with van der Waals surface area (Å²) in [6.07, 6.45) is 3.44. The van der Waals surface area contributed by atoms with Crippen LogP contribution in [0.15, 0.2) is 46.1 Å². The van der Waals surface area contributed by atoms with Gasteiger partial charge in [-0.25, -0.2) is 4.79 Å². The maximum Gasteiger partial charge on any atom is 0.328 e. The molecular weight excluding hydrogens is 326 g/mol. The van der Waals surface area contributed by atoms with Crippen LogP contribution in [0, 0.1) is 0 Å². The summed E-state index contributed by atoms with van der Waals surface area (Å²) in [4.78, 5) is 36.8. The Kier molecular flexibility index (Phi) is 5.30. The SMILES string of the molecule is O=C(Cn1ccc(=O)[nH]c1=O)Nc1cccc(OC[C@@H]2CCCO2)c1. The first-order valence-electron chi connectivity index (χ1n) is 8.04. The molecule has 1 aromatic heterocycles. The highest BCUT2D eigenvalue weighted by molar-refractivity contribution is 5.90. The normalized spacial score (nSPS) is 16.6. The van der Waals surface area contributed by atoms with Gasteiger partial charge in [0.15, 0.2) is 0 Å². The highest BCUT2D eigenvalue weighted by Crippen LogP contribution is 2.19. The molecule has 1 aliphatic heterocycles. The topological polar surface area (TPSA) is 102 Å². The molecule has 1 aromatic carbocycles. The van der Waals surface area contributed by atoms with E-state index >= 15 is 0 Å². The monoisotopic (exact) mass is 345 g/mol. The summed E-state index contributed by atoms with van der Waals surface area (Å²) in [5.74, 6) is 0.250. The number of nitrogens with one attached hydrogen (secondary N) is 2. The second-order valence-corrected chi connectivity index (χ2v) is 5.76. The molecule has 0 radical (unpaired) electrons. The fraction of sp³-hybridized carbons (Fsp3) is 0.353. The van der Waals surface area contributed by atoms with Gasteiger partial charge in [-0.15, -0.1) is 0 Å². The minimum absolute atomic E-state index is 0.116. The molecule has 25 heavy (non-hydrogen) atoms. The van der Waals surface area contributed by atoms with Gasteiger partial charge < -0.3 is 14.8 Å². The molecule has 1 fully saturated rings. The molecule has 0 spiro atoms. The number of anilines is 1. The third-order valence-electron chi connectivity index (χ3n) is 3.79. The van der Waals surface area contributed by atoms with E-state index in [4.69, 9.17) is 9.47 Å². The van der Waals surface area contributed by atoms with E-state index in [2.05, 4.69) is 10.3 Å². The molecule has 1 aliphatic rings. The van der Waals surface area contributed by atoms with Crippen molar-refractivity contribution < 1.29 is 14.3 Å². The van der Waals surface area contributed by atoms with E-state index in [-0.39, 0.29) is 18.6 Å². The number of rotatable bonds is 6. The predicted octanol–water partition coefficient (Wildman–Crippen LogP) is 0.733. The quantitative estimate of drug-likeness (QED) is 0.804. The minimum Gasteiger partial charge on any atom is -0.491 e. The number of hydrogen-bond donors (Lipinski definition) is 2. The van der Waals surface area contributed by atoms with E-state index in [0.29, 0.717) is 18.0 Å². The summed E-state index contributed by atoms with van der Waals surface area (Å²) in [5, 5.41) is 2.70. The second kappa shape index (κ2) is 7.80. The Morgan fingerprint density at radius 1 is 1.36 bits per heavy atom. The molecule has 0 bridgehead atoms. The summed E-state index contributed by atoms with van der Waals surface area (Å²) in [6, 6.07) is 8.20. The Labute approximate surface area is 143 Å². The Hall–Kier alpha value is -2.87. The van der Waals surface area contributed by atoms with E-state index in [1.807, 2.05) is 0 Å². The largest absolute Gasteiger partial charge is 0.491 e. The average Bonchev–Trinajstić information content (AvgIpc) is 3.09. The number of benzene rings is 1. The number of ether oxygens (including phenoxy) is 2. The van der Waals surface area contributed by atoms with E-state index in [1.54, 1.807) is 24.3 Å². The Bertz CT molecular complexity index is 852. The molecule has 2 N–H and O–H groups in total. The van der Waals surface area contributed by atoms with E-state index in [9.17, 15) is 14.4 Å². The number of H-pyrrole nitrogens is 1. The van der Waals surface area contributed by atoms with E-state index in [1.165, 1.54) is 12.3 Å². The molecule has 2 heterocycles. The van der Waals surface area contributed by atoms with Crippen LogP contribution in [0.3, 0.4) is 0 Å². The lowest BCUT2D eigenvalue weighted by Gasteiger charge is -2.12. The maximum absolute atomic E-state index is 12.1. The molecule has 3 rings (SSSR count). The molecule has 1 atom stereocenters. The number of aromatic nitrogens is 2. The van der Waals surface area contributed by atoms with Crippen LogP contribution in [0.4, 0.5) is 5.69 Å². The molecular formula is C17H19N3O5. The third-order valence-corrected chi connectivity index (χ3v) is 3.79. The molecule has 0 unspecified atom stereocenters. The van der Waals surface area contributed by atoms with Gasteiger partial charge in [0.1, 0.15) is 18.9 Å². The second-order valence-electron chi connectivity index (χ2n) is 5.76. The lowest BCUT2D eigenvalue weighted by molar-refractivity contribution is -0.116. The predicted molar refractivity (Wildman–Crippen MR) is 90.9 cm³/mol. The molecule has 0 aliphatic carbocycles. The number of carbonyl (C=O) groups excluding carboxylic acids is 1. The summed E-state index contributed by atoms with van der Waals surface area (Å²) in [5.41, 5.74) is -0.568. The Morgan fingerprint density at radius 3 is 3.00 bits per heavy atom. The van der Waals surface area contributed by atoms with E-state index < -0.39 is 11.2 Å². The van der Waals surface area contributed by atoms with Crippen molar-refractivity contribution in [2.75, 3.05) is 18.5 Å². The number of aromatic amines is 1. The standard InChI is InChI=1S/C17H19N3O5/c21-15-6-7-20(17(23)19-15)10-16(22)18-12-3-1-4-13(9-12)25-11-14-5-2-8-24-14/h1,3-4,6-7,9,14H,2,5,8,10-11H2,(H,18,22)(H,19,21,23)/t14-/m0/s1. The van der Waals surface area contributed by atoms with Crippen LogP contribution in [0.5, 0.6) is 5.75 Å². The summed E-state index contributed by atoms with van der Waals surface area (Å²) >= 11 is 0. The van der Waals surface area contributed by atoms with Crippen molar-refractivity contribution in [2.24, 2.45) is 0 Å². The van der Waals surface area contributed by atoms with Crippen molar-refractivity contribution >= 4 is 11.6 Å². The zero-order chi connectivity index (χ0) is 17.6. The summed E-state index contributed by atoms with van der Waals surface area (Å²) in [7, 11) is 0. The number of nitrogens with zero attached hydrogens (tertiary/aromatic N) is 1. The molecule has 1 amide bonds. The molecule has 1 saturated heterocycles. The van der Waals surface area contributed by atoms with Gasteiger partial charge in [-0.1, -0.05) is 6.07 Å². The van der Waals surface area contributed by atoms with Crippen LogP contribution in [-0.4, -0.2) is 34.8 Å². The number of carbonyl (C=O) groups is 1. The molecule has 0 saturated carbocycles. The van der Waals surface area contributed by atoms with Crippen molar-refractivity contribution in [3.63, 3.8) is 0 Å². The average molecular weight is 345 g/mol. The molecule has 132 valence electrons. The van der Waals surface area contributed by atoms with Crippen molar-refractivity contribution in [3.8, 4) is 5.75 Å². The van der Waals surface area contributed by atoms with Gasteiger partial charge >= 0.3 is 5.69 Å². The van der Waals surface area contributed by atoms with Crippen molar-refractivity contribution in [2.45, 2.75) is 25.5 Å². The smallest absolute Gasteiger partial charge is 0.328 e. The highest BCUT2D eigenvalue weighted by atomic mass is 16.5. The van der Waals surface area contributed by atoms with Crippen LogP contribution in [0.1, 0.15) is 12.8 Å². The third kappa shape index (κ3) is 4.80. The highest BCUT2D eigenvalue weighted by Gasteiger charge is 2.16. The Morgan fingerprint density at radius 2 is 2.24 bits per heavy atom. The lowest BCUT2D eigenvalue weighted by atomic mass is 10.2. The van der Waals surface area contributed by atoms with Crippen LogP contribution >= 0.6 is 0 Å². The minimum atomic E-state index is -0.628. The van der Waals surface area contributed by atoms with E-state index in [0.717, 1.165) is 24.0 Å². The van der Waals surface area contributed by atoms with Crippen LogP contribution in [0.2, 0.25) is 0 Å². The first-order valence-corrected chi connectivity index (χ1v) is 8.04. The Balaban J connectivity index is 1.58. The van der Waals surface area contributed by atoms with Gasteiger partial charge in [-0.3, -0.25) is 19.1 Å². The van der Waals surface area contributed by atoms with Gasteiger partial charge in [-0.2, -0.15) is 0 Å². The summed E-state index contributed by atoms with van der Waals surface area (Å²) in [6.45, 7) is 1.05. The van der Waals surface area contributed by atoms with Crippen molar-refractivity contribution in [3.05, 3.63) is 57.4 Å². The first kappa shape index (κ1) is 17.0. The fourth-order valence-corrected chi connectivity index (χ4v) is 2.55.